The molecule has 1 fully saturated rings. The Kier molecular flexibility index (Phi) is 8.75. The lowest BCUT2D eigenvalue weighted by Gasteiger charge is -2.19. The number of aliphatic imine (C=N–C) groups is 1. The van der Waals surface area contributed by atoms with Gasteiger partial charge in [0.1, 0.15) is 5.82 Å². The van der Waals surface area contributed by atoms with Gasteiger partial charge in [-0.3, -0.25) is 9.79 Å². The van der Waals surface area contributed by atoms with Crippen LogP contribution in [0.4, 0.5) is 5.82 Å². The predicted molar refractivity (Wildman–Crippen MR) is 125 cm³/mol. The van der Waals surface area contributed by atoms with Crippen LogP contribution in [0.15, 0.2) is 41.4 Å². The summed E-state index contributed by atoms with van der Waals surface area (Å²) in [4.78, 5) is 22.6. The molecule has 28 heavy (non-hydrogen) atoms. The number of carbonyl (C=O) groups is 1. The Morgan fingerprint density at radius 1 is 1.25 bits per heavy atom. The maximum absolute atomic E-state index is 11.8. The molecule has 1 aliphatic heterocycles. The Morgan fingerprint density at radius 2 is 2.07 bits per heavy atom. The molecule has 0 radical (unpaired) electrons. The number of nitrogens with zero attached hydrogens (tertiary/aromatic N) is 3. The second-order valence-corrected chi connectivity index (χ2v) is 6.64. The van der Waals surface area contributed by atoms with Gasteiger partial charge in [0.25, 0.3) is 0 Å². The highest BCUT2D eigenvalue weighted by Crippen LogP contribution is 2.14. The largest absolute Gasteiger partial charge is 0.368 e. The molecule has 2 aromatic rings. The van der Waals surface area contributed by atoms with Crippen molar-refractivity contribution in [2.75, 3.05) is 38.5 Å². The molecular weight excluding hydrogens is 467 g/mol. The number of rotatable bonds is 6. The molecule has 3 N–H and O–H groups in total. The minimum atomic E-state index is 0. The zero-order valence-corrected chi connectivity index (χ0v) is 18.8. The fourth-order valence-corrected chi connectivity index (χ4v) is 3.25. The first-order valence-electron chi connectivity index (χ1n) is 9.54. The van der Waals surface area contributed by atoms with Crippen molar-refractivity contribution in [1.82, 2.24) is 20.5 Å². The number of hydrogen-bond donors (Lipinski definition) is 3. The molecule has 1 atom stereocenters. The molecule has 0 saturated carbocycles. The lowest BCUT2D eigenvalue weighted by molar-refractivity contribution is -0.129. The topological polar surface area (TPSA) is 81.7 Å². The maximum Gasteiger partial charge on any atom is 0.222 e. The van der Waals surface area contributed by atoms with Crippen LogP contribution in [0, 0.1) is 0 Å². The quantitative estimate of drug-likeness (QED) is 0.248. The molecule has 0 bridgehead atoms. The Bertz CT molecular complexity index is 812. The van der Waals surface area contributed by atoms with Gasteiger partial charge in [0.15, 0.2) is 5.96 Å². The summed E-state index contributed by atoms with van der Waals surface area (Å²) in [5, 5.41) is 11.2. The van der Waals surface area contributed by atoms with E-state index in [1.165, 1.54) is 0 Å². The number of carbonyl (C=O) groups excluding carboxylic acids is 1. The van der Waals surface area contributed by atoms with Gasteiger partial charge in [-0.25, -0.2) is 4.98 Å². The van der Waals surface area contributed by atoms with Gasteiger partial charge >= 0.3 is 0 Å². The molecule has 2 heterocycles. The van der Waals surface area contributed by atoms with E-state index in [-0.39, 0.29) is 35.9 Å². The first-order chi connectivity index (χ1) is 13.2. The molecule has 7 nitrogen and oxygen atoms in total. The monoisotopic (exact) mass is 496 g/mol. The highest BCUT2D eigenvalue weighted by atomic mass is 127. The number of halogens is 1. The van der Waals surface area contributed by atoms with Crippen LogP contribution in [-0.2, 0) is 4.79 Å². The zero-order valence-electron chi connectivity index (χ0n) is 16.4. The van der Waals surface area contributed by atoms with Gasteiger partial charge in [0.05, 0.1) is 5.52 Å². The number of para-hydroxylation sites is 1. The van der Waals surface area contributed by atoms with Gasteiger partial charge < -0.3 is 20.9 Å². The summed E-state index contributed by atoms with van der Waals surface area (Å²) in [6.45, 7) is 4.92. The third-order valence-electron chi connectivity index (χ3n) is 4.73. The molecule has 1 aliphatic rings. The number of pyridine rings is 1. The molecule has 1 unspecified atom stereocenters. The molecule has 0 aliphatic carbocycles. The summed E-state index contributed by atoms with van der Waals surface area (Å²) in [5.41, 5.74) is 0.986. The van der Waals surface area contributed by atoms with Crippen LogP contribution in [0.5, 0.6) is 0 Å². The van der Waals surface area contributed by atoms with Crippen molar-refractivity contribution in [2.45, 2.75) is 25.8 Å². The van der Waals surface area contributed by atoms with Crippen molar-refractivity contribution in [2.24, 2.45) is 4.99 Å². The average molecular weight is 496 g/mol. The van der Waals surface area contributed by atoms with E-state index in [0.717, 1.165) is 55.3 Å². The second-order valence-electron chi connectivity index (χ2n) is 6.64. The molecule has 1 aromatic heterocycles. The molecule has 1 saturated heterocycles. The number of hydrogen-bond acceptors (Lipinski definition) is 4. The summed E-state index contributed by atoms with van der Waals surface area (Å²) in [5.74, 6) is 1.84. The number of fused-ring (bicyclic) bond motifs is 1. The van der Waals surface area contributed by atoms with Crippen molar-refractivity contribution < 1.29 is 4.79 Å². The third-order valence-corrected chi connectivity index (χ3v) is 4.73. The molecule has 8 heteroatoms. The number of nitrogens with one attached hydrogen (secondary N) is 3. The van der Waals surface area contributed by atoms with Crippen LogP contribution in [-0.4, -0.2) is 61.0 Å². The number of anilines is 1. The van der Waals surface area contributed by atoms with Crippen molar-refractivity contribution in [3.05, 3.63) is 36.4 Å². The van der Waals surface area contributed by atoms with Crippen LogP contribution in [0.2, 0.25) is 0 Å². The lowest BCUT2D eigenvalue weighted by atomic mass is 10.2. The van der Waals surface area contributed by atoms with E-state index in [2.05, 4.69) is 38.1 Å². The first-order valence-corrected chi connectivity index (χ1v) is 9.54. The number of amides is 1. The van der Waals surface area contributed by atoms with Crippen molar-refractivity contribution in [1.29, 1.82) is 0 Å². The zero-order chi connectivity index (χ0) is 19.1. The van der Waals surface area contributed by atoms with Crippen molar-refractivity contribution >= 4 is 52.6 Å². The first kappa shape index (κ1) is 22.2. The van der Waals surface area contributed by atoms with Gasteiger partial charge in [-0.1, -0.05) is 25.1 Å². The normalized spacial score (nSPS) is 16.6. The Morgan fingerprint density at radius 3 is 2.86 bits per heavy atom. The van der Waals surface area contributed by atoms with E-state index in [1.807, 2.05) is 36.1 Å². The van der Waals surface area contributed by atoms with E-state index >= 15 is 0 Å². The van der Waals surface area contributed by atoms with Gasteiger partial charge in [-0.05, 0) is 24.6 Å². The van der Waals surface area contributed by atoms with Crippen LogP contribution in [0.25, 0.3) is 10.9 Å². The number of benzene rings is 1. The number of likely N-dealkylation sites (tertiary alicyclic amines) is 1. The van der Waals surface area contributed by atoms with Gasteiger partial charge in [-0.2, -0.15) is 0 Å². The summed E-state index contributed by atoms with van der Waals surface area (Å²) < 4.78 is 0. The SMILES string of the molecule is CCC(=O)N1CCC(NC(=NC)NCCNc2ccc3ccccc3n2)C1.I. The molecule has 1 amide bonds. The van der Waals surface area contributed by atoms with Crippen molar-refractivity contribution in [3.8, 4) is 0 Å². The smallest absolute Gasteiger partial charge is 0.222 e. The van der Waals surface area contributed by atoms with Gasteiger partial charge in [-0.15, -0.1) is 24.0 Å². The number of guanidine groups is 1. The Labute approximate surface area is 183 Å². The number of aromatic nitrogens is 1. The minimum Gasteiger partial charge on any atom is -0.368 e. The summed E-state index contributed by atoms with van der Waals surface area (Å²) in [7, 11) is 1.76. The summed E-state index contributed by atoms with van der Waals surface area (Å²) in [6.07, 6.45) is 1.51. The standard InChI is InChI=1S/C20H28N6O.HI/c1-3-19(27)26-13-10-16(14-26)24-20(21-2)23-12-11-22-18-9-8-15-6-4-5-7-17(15)25-18;/h4-9,16H,3,10-14H2,1-2H3,(H,22,25)(H2,21,23,24);1H. The van der Waals surface area contributed by atoms with Crippen molar-refractivity contribution in [3.63, 3.8) is 0 Å². The fraction of sp³-hybridized carbons (Fsp3) is 0.450. The third kappa shape index (κ3) is 5.95. The summed E-state index contributed by atoms with van der Waals surface area (Å²) >= 11 is 0. The Balaban J connectivity index is 0.00000280. The average Bonchev–Trinajstić information content (AvgIpc) is 3.18. The highest BCUT2D eigenvalue weighted by molar-refractivity contribution is 14.0. The van der Waals surface area contributed by atoms with Crippen LogP contribution in [0.1, 0.15) is 19.8 Å². The molecule has 0 spiro atoms. The molecular formula is C20H29IN6O. The van der Waals surface area contributed by atoms with Gasteiger partial charge in [0, 0.05) is 51.1 Å². The van der Waals surface area contributed by atoms with E-state index < -0.39 is 0 Å². The predicted octanol–water partition coefficient (Wildman–Crippen LogP) is 2.44. The van der Waals surface area contributed by atoms with E-state index in [0.29, 0.717) is 6.42 Å². The summed E-state index contributed by atoms with van der Waals surface area (Å²) in [6, 6.07) is 12.4. The van der Waals surface area contributed by atoms with Gasteiger partial charge in [0.2, 0.25) is 5.91 Å². The highest BCUT2D eigenvalue weighted by Gasteiger charge is 2.25. The van der Waals surface area contributed by atoms with Crippen LogP contribution < -0.4 is 16.0 Å². The molecule has 152 valence electrons. The van der Waals surface area contributed by atoms with E-state index in [4.69, 9.17) is 0 Å². The fourth-order valence-electron chi connectivity index (χ4n) is 3.25. The van der Waals surface area contributed by atoms with E-state index in [1.54, 1.807) is 7.05 Å². The Hall–Kier alpha value is -2.10. The lowest BCUT2D eigenvalue weighted by Crippen LogP contribution is -2.46. The second kappa shape index (κ2) is 11.0. The van der Waals surface area contributed by atoms with Crippen LogP contribution in [0.3, 0.4) is 0 Å². The molecule has 3 rings (SSSR count). The maximum atomic E-state index is 11.8. The van der Waals surface area contributed by atoms with E-state index in [9.17, 15) is 4.79 Å². The molecule has 1 aromatic carbocycles. The minimum absolute atomic E-state index is 0. The van der Waals surface area contributed by atoms with Crippen LogP contribution >= 0.6 is 24.0 Å².